The van der Waals surface area contributed by atoms with Crippen LogP contribution >= 0.6 is 12.2 Å². The molecule has 0 amide bonds. The molecule has 0 atom stereocenters. The van der Waals surface area contributed by atoms with Gasteiger partial charge >= 0.3 is 0 Å². The molecule has 0 saturated heterocycles. The van der Waals surface area contributed by atoms with E-state index < -0.39 is 0 Å². The van der Waals surface area contributed by atoms with Gasteiger partial charge in [0.15, 0.2) is 0 Å². The smallest absolute Gasteiger partial charge is 0.258 e. The number of H-pyrrole nitrogens is 1. The first kappa shape index (κ1) is 13.3. The van der Waals surface area contributed by atoms with Gasteiger partial charge in [0, 0.05) is 11.3 Å². The zero-order valence-corrected chi connectivity index (χ0v) is 11.3. The van der Waals surface area contributed by atoms with Crippen molar-refractivity contribution < 1.29 is 4.74 Å². The van der Waals surface area contributed by atoms with Crippen molar-refractivity contribution in [3.05, 3.63) is 52.3 Å². The van der Waals surface area contributed by atoms with Crippen molar-refractivity contribution in [2.75, 3.05) is 6.61 Å². The van der Waals surface area contributed by atoms with Gasteiger partial charge in [0.05, 0.1) is 12.2 Å². The monoisotopic (exact) mass is 274 g/mol. The lowest BCUT2D eigenvalue weighted by molar-refractivity contribution is 0.340. The van der Waals surface area contributed by atoms with Crippen LogP contribution in [-0.2, 0) is 0 Å². The third-order valence-corrected chi connectivity index (χ3v) is 2.85. The molecule has 0 unspecified atom stereocenters. The lowest BCUT2D eigenvalue weighted by Gasteiger charge is -2.07. The Balaban J connectivity index is 2.42. The van der Waals surface area contributed by atoms with Gasteiger partial charge in [-0.15, -0.1) is 0 Å². The van der Waals surface area contributed by atoms with E-state index in [2.05, 4.69) is 4.98 Å². The number of nitrogens with one attached hydrogen (secondary N) is 1. The number of nitrogens with two attached hydrogens (primary N) is 1. The molecule has 3 N–H and O–H groups in total. The summed E-state index contributed by atoms with van der Waals surface area (Å²) in [5.41, 5.74) is 7.07. The first-order chi connectivity index (χ1) is 9.11. The van der Waals surface area contributed by atoms with E-state index in [1.54, 1.807) is 12.1 Å². The predicted molar refractivity (Wildman–Crippen MR) is 79.6 cm³/mol. The van der Waals surface area contributed by atoms with Gasteiger partial charge in [-0.3, -0.25) is 4.79 Å². The minimum atomic E-state index is -0.285. The Bertz CT molecular complexity index is 664. The van der Waals surface area contributed by atoms with Crippen molar-refractivity contribution in [3.8, 4) is 17.0 Å². The highest BCUT2D eigenvalue weighted by molar-refractivity contribution is 7.80. The number of hydrogen-bond acceptors (Lipinski definition) is 3. The van der Waals surface area contributed by atoms with Gasteiger partial charge in [-0.05, 0) is 31.2 Å². The van der Waals surface area contributed by atoms with Crippen molar-refractivity contribution in [2.45, 2.75) is 6.92 Å². The fourth-order valence-corrected chi connectivity index (χ4v) is 1.92. The fourth-order valence-electron chi connectivity index (χ4n) is 1.76. The average molecular weight is 274 g/mol. The summed E-state index contributed by atoms with van der Waals surface area (Å²) in [6.07, 6.45) is 0. The molecule has 1 aromatic heterocycles. The fraction of sp³-hybridized carbons (Fsp3) is 0.143. The predicted octanol–water partition coefficient (Wildman–Crippen LogP) is 2.07. The Morgan fingerprint density at radius 1 is 1.37 bits per heavy atom. The van der Waals surface area contributed by atoms with E-state index in [9.17, 15) is 4.79 Å². The molecule has 5 heteroatoms. The van der Waals surface area contributed by atoms with Crippen molar-refractivity contribution in [3.63, 3.8) is 0 Å². The Kier molecular flexibility index (Phi) is 3.97. The zero-order chi connectivity index (χ0) is 13.8. The molecule has 0 bridgehead atoms. The van der Waals surface area contributed by atoms with Gasteiger partial charge in [0.2, 0.25) is 0 Å². The molecule has 1 heterocycles. The van der Waals surface area contributed by atoms with E-state index in [0.29, 0.717) is 17.9 Å². The summed E-state index contributed by atoms with van der Waals surface area (Å²) in [7, 11) is 0. The van der Waals surface area contributed by atoms with Gasteiger partial charge in [-0.25, -0.2) is 0 Å². The van der Waals surface area contributed by atoms with Crippen molar-refractivity contribution in [1.29, 1.82) is 0 Å². The van der Waals surface area contributed by atoms with E-state index in [1.165, 1.54) is 0 Å². The van der Waals surface area contributed by atoms with Gasteiger partial charge in [-0.1, -0.05) is 24.4 Å². The van der Waals surface area contributed by atoms with Crippen LogP contribution in [0.1, 0.15) is 12.5 Å². The molecule has 0 saturated carbocycles. The van der Waals surface area contributed by atoms with Crippen LogP contribution in [0, 0.1) is 0 Å². The third-order valence-electron chi connectivity index (χ3n) is 2.63. The summed E-state index contributed by atoms with van der Waals surface area (Å²) < 4.78 is 5.43. The van der Waals surface area contributed by atoms with Gasteiger partial charge in [-0.2, -0.15) is 0 Å². The number of thiocarbonyl (C=S) groups is 1. The van der Waals surface area contributed by atoms with Crippen LogP contribution in [0.2, 0.25) is 0 Å². The third kappa shape index (κ3) is 3.00. The lowest BCUT2D eigenvalue weighted by atomic mass is 10.1. The number of aromatic nitrogens is 1. The Morgan fingerprint density at radius 2 is 2.16 bits per heavy atom. The minimum Gasteiger partial charge on any atom is -0.494 e. The molecule has 2 aromatic rings. The Labute approximate surface area is 116 Å². The van der Waals surface area contributed by atoms with E-state index >= 15 is 0 Å². The number of rotatable bonds is 4. The lowest BCUT2D eigenvalue weighted by Crippen LogP contribution is -2.22. The second-order valence-electron chi connectivity index (χ2n) is 3.94. The summed E-state index contributed by atoms with van der Waals surface area (Å²) in [4.78, 5) is 14.7. The maximum atomic E-state index is 11.8. The summed E-state index contributed by atoms with van der Waals surface area (Å²) in [5.74, 6) is 0.763. The van der Waals surface area contributed by atoms with Crippen LogP contribution in [-0.4, -0.2) is 16.6 Å². The van der Waals surface area contributed by atoms with Crippen LogP contribution in [0.15, 0.2) is 41.2 Å². The van der Waals surface area contributed by atoms with Crippen LogP contribution in [0.5, 0.6) is 5.75 Å². The molecular formula is C14H14N2O2S. The second-order valence-corrected chi connectivity index (χ2v) is 4.38. The molecule has 0 spiro atoms. The quantitative estimate of drug-likeness (QED) is 0.838. The highest BCUT2D eigenvalue weighted by Gasteiger charge is 2.06. The second kappa shape index (κ2) is 5.67. The summed E-state index contributed by atoms with van der Waals surface area (Å²) >= 11 is 4.80. The van der Waals surface area contributed by atoms with Crippen molar-refractivity contribution in [1.82, 2.24) is 4.98 Å². The van der Waals surface area contributed by atoms with Gasteiger partial charge in [0.25, 0.3) is 5.56 Å². The molecule has 0 aliphatic rings. The number of hydrogen-bond donors (Lipinski definition) is 2. The summed E-state index contributed by atoms with van der Waals surface area (Å²) in [6.45, 7) is 2.52. The van der Waals surface area contributed by atoms with Gasteiger partial charge < -0.3 is 15.5 Å². The molecule has 98 valence electrons. The maximum Gasteiger partial charge on any atom is 0.258 e. The molecular weight excluding hydrogens is 260 g/mol. The largest absolute Gasteiger partial charge is 0.494 e. The van der Waals surface area contributed by atoms with E-state index in [0.717, 1.165) is 11.3 Å². The van der Waals surface area contributed by atoms with Crippen LogP contribution < -0.4 is 16.0 Å². The molecule has 0 aliphatic carbocycles. The van der Waals surface area contributed by atoms with E-state index in [-0.39, 0.29) is 10.5 Å². The number of ether oxygens (including phenoxy) is 1. The molecule has 4 nitrogen and oxygen atoms in total. The van der Waals surface area contributed by atoms with Crippen molar-refractivity contribution >= 4 is 17.2 Å². The van der Waals surface area contributed by atoms with E-state index in [4.69, 9.17) is 22.7 Å². The summed E-state index contributed by atoms with van der Waals surface area (Å²) in [6, 6.07) is 10.9. The number of aromatic amines is 1. The SMILES string of the molecule is CCOc1cccc(-c2ccc(C(N)=S)c(=O)[nH]2)c1. The Morgan fingerprint density at radius 3 is 2.79 bits per heavy atom. The van der Waals surface area contributed by atoms with Crippen LogP contribution in [0.25, 0.3) is 11.3 Å². The normalized spacial score (nSPS) is 10.2. The Hall–Kier alpha value is -2.14. The molecule has 19 heavy (non-hydrogen) atoms. The number of pyridine rings is 1. The molecule has 2 rings (SSSR count). The summed E-state index contributed by atoms with van der Waals surface area (Å²) in [5, 5.41) is 0. The highest BCUT2D eigenvalue weighted by atomic mass is 32.1. The highest BCUT2D eigenvalue weighted by Crippen LogP contribution is 2.21. The van der Waals surface area contributed by atoms with Crippen molar-refractivity contribution in [2.24, 2.45) is 5.73 Å². The molecule has 0 fully saturated rings. The first-order valence-corrected chi connectivity index (χ1v) is 6.29. The van der Waals surface area contributed by atoms with Crippen LogP contribution in [0.4, 0.5) is 0 Å². The molecule has 0 radical (unpaired) electrons. The minimum absolute atomic E-state index is 0.0934. The average Bonchev–Trinajstić information content (AvgIpc) is 2.39. The van der Waals surface area contributed by atoms with Gasteiger partial charge in [0.1, 0.15) is 10.7 Å². The van der Waals surface area contributed by atoms with Crippen LogP contribution in [0.3, 0.4) is 0 Å². The van der Waals surface area contributed by atoms with E-state index in [1.807, 2.05) is 31.2 Å². The maximum absolute atomic E-state index is 11.8. The first-order valence-electron chi connectivity index (χ1n) is 5.88. The topological polar surface area (TPSA) is 68.1 Å². The molecule has 0 aliphatic heterocycles. The number of benzene rings is 1. The standard InChI is InChI=1S/C14H14N2O2S/c1-2-18-10-5-3-4-9(8-10)12-7-6-11(13(15)19)14(17)16-12/h3-8H,2H2,1H3,(H2,15,19)(H,16,17). The molecule has 1 aromatic carbocycles. The zero-order valence-electron chi connectivity index (χ0n) is 10.5.